The third-order valence-electron chi connectivity index (χ3n) is 2.15. The Balaban J connectivity index is 2.37. The molecule has 0 aromatic rings. The molecule has 0 aliphatic carbocycles. The highest BCUT2D eigenvalue weighted by atomic mass is 16.5. The van der Waals surface area contributed by atoms with E-state index in [-0.39, 0.29) is 12.0 Å². The summed E-state index contributed by atoms with van der Waals surface area (Å²) in [4.78, 5) is 13.2. The predicted molar refractivity (Wildman–Crippen MR) is 48.5 cm³/mol. The quantitative estimate of drug-likeness (QED) is 0.636. The van der Waals surface area contributed by atoms with Crippen molar-refractivity contribution in [1.29, 1.82) is 0 Å². The molecule has 1 saturated heterocycles. The highest BCUT2D eigenvalue weighted by Gasteiger charge is 2.22. The van der Waals surface area contributed by atoms with Gasteiger partial charge in [-0.15, -0.1) is 0 Å². The second kappa shape index (κ2) is 5.19. The molecule has 4 heteroatoms. The molecule has 1 aliphatic heterocycles. The van der Waals surface area contributed by atoms with Crippen LogP contribution in [0.5, 0.6) is 0 Å². The zero-order valence-corrected chi connectivity index (χ0v) is 8.28. The molecule has 4 nitrogen and oxygen atoms in total. The Hall–Kier alpha value is -0.610. The van der Waals surface area contributed by atoms with Gasteiger partial charge in [-0.1, -0.05) is 6.92 Å². The normalized spacial score (nSPS) is 23.2. The van der Waals surface area contributed by atoms with Gasteiger partial charge in [-0.2, -0.15) is 0 Å². The summed E-state index contributed by atoms with van der Waals surface area (Å²) in [6.07, 6.45) is 0.619. The molecule has 1 amide bonds. The second-order valence-electron chi connectivity index (χ2n) is 3.14. The number of ether oxygens (including phenoxy) is 2. The first kappa shape index (κ1) is 10.5. The van der Waals surface area contributed by atoms with Crippen molar-refractivity contribution >= 4 is 5.91 Å². The average Bonchev–Trinajstić information content (AvgIpc) is 2.18. The van der Waals surface area contributed by atoms with Crippen LogP contribution in [-0.2, 0) is 14.3 Å². The highest BCUT2D eigenvalue weighted by molar-refractivity contribution is 5.75. The maximum absolute atomic E-state index is 11.3. The van der Waals surface area contributed by atoms with Crippen molar-refractivity contribution in [1.82, 2.24) is 4.90 Å². The zero-order chi connectivity index (χ0) is 9.68. The van der Waals surface area contributed by atoms with Crippen molar-refractivity contribution in [2.24, 2.45) is 0 Å². The minimum atomic E-state index is 0.0502. The van der Waals surface area contributed by atoms with E-state index in [1.54, 1.807) is 7.11 Å². The van der Waals surface area contributed by atoms with Gasteiger partial charge in [0, 0.05) is 26.6 Å². The molecule has 0 N–H and O–H groups in total. The van der Waals surface area contributed by atoms with Gasteiger partial charge in [0.05, 0.1) is 19.3 Å². The van der Waals surface area contributed by atoms with Crippen LogP contribution in [0.25, 0.3) is 0 Å². The molecule has 0 aromatic carbocycles. The fourth-order valence-corrected chi connectivity index (χ4v) is 1.46. The third-order valence-corrected chi connectivity index (χ3v) is 2.15. The van der Waals surface area contributed by atoms with E-state index < -0.39 is 0 Å². The summed E-state index contributed by atoms with van der Waals surface area (Å²) in [5, 5.41) is 0. The molecule has 0 radical (unpaired) electrons. The molecule has 1 aliphatic rings. The Kier molecular flexibility index (Phi) is 4.18. The van der Waals surface area contributed by atoms with Crippen molar-refractivity contribution in [3.05, 3.63) is 0 Å². The largest absolute Gasteiger partial charge is 0.382 e. The maximum Gasteiger partial charge on any atom is 0.222 e. The minimum absolute atomic E-state index is 0.0502. The van der Waals surface area contributed by atoms with Crippen LogP contribution in [0.15, 0.2) is 0 Å². The maximum atomic E-state index is 11.3. The van der Waals surface area contributed by atoms with Crippen molar-refractivity contribution in [3.63, 3.8) is 0 Å². The smallest absolute Gasteiger partial charge is 0.222 e. The van der Waals surface area contributed by atoms with Gasteiger partial charge in [0.25, 0.3) is 0 Å². The van der Waals surface area contributed by atoms with Crippen molar-refractivity contribution < 1.29 is 14.3 Å². The Morgan fingerprint density at radius 1 is 1.69 bits per heavy atom. The number of amides is 1. The van der Waals surface area contributed by atoms with Crippen LogP contribution in [0.2, 0.25) is 0 Å². The summed E-state index contributed by atoms with van der Waals surface area (Å²) < 4.78 is 10.4. The van der Waals surface area contributed by atoms with E-state index in [0.29, 0.717) is 32.7 Å². The van der Waals surface area contributed by atoms with Crippen LogP contribution in [0.1, 0.15) is 13.3 Å². The average molecular weight is 187 g/mol. The topological polar surface area (TPSA) is 38.8 Å². The molecule has 1 rings (SSSR count). The lowest BCUT2D eigenvalue weighted by molar-refractivity contribution is -0.140. The zero-order valence-electron chi connectivity index (χ0n) is 8.28. The standard InChI is InChI=1S/C9H17NO3/c1-3-9(11)10-4-5-13-8(6-10)7-12-2/h8H,3-7H2,1-2H3. The highest BCUT2D eigenvalue weighted by Crippen LogP contribution is 2.06. The van der Waals surface area contributed by atoms with Gasteiger partial charge in [0.15, 0.2) is 0 Å². The van der Waals surface area contributed by atoms with Gasteiger partial charge in [-0.05, 0) is 0 Å². The van der Waals surface area contributed by atoms with Gasteiger partial charge in [-0.3, -0.25) is 4.79 Å². The lowest BCUT2D eigenvalue weighted by Gasteiger charge is -2.32. The number of carbonyl (C=O) groups is 1. The van der Waals surface area contributed by atoms with Gasteiger partial charge < -0.3 is 14.4 Å². The van der Waals surface area contributed by atoms with E-state index in [1.807, 2.05) is 11.8 Å². The first-order chi connectivity index (χ1) is 6.27. The Morgan fingerprint density at radius 2 is 2.46 bits per heavy atom. The number of methoxy groups -OCH3 is 1. The lowest BCUT2D eigenvalue weighted by atomic mass is 10.2. The third kappa shape index (κ3) is 2.97. The summed E-state index contributed by atoms with van der Waals surface area (Å²) >= 11 is 0. The molecule has 13 heavy (non-hydrogen) atoms. The minimum Gasteiger partial charge on any atom is -0.382 e. The molecule has 0 bridgehead atoms. The van der Waals surface area contributed by atoms with E-state index in [9.17, 15) is 4.79 Å². The molecule has 1 unspecified atom stereocenters. The molecule has 0 aromatic heterocycles. The number of rotatable bonds is 3. The van der Waals surface area contributed by atoms with Gasteiger partial charge in [0.1, 0.15) is 0 Å². The molecule has 1 fully saturated rings. The van der Waals surface area contributed by atoms with Crippen LogP contribution in [0, 0.1) is 0 Å². The van der Waals surface area contributed by atoms with Crippen molar-refractivity contribution in [2.75, 3.05) is 33.4 Å². The first-order valence-electron chi connectivity index (χ1n) is 4.66. The van der Waals surface area contributed by atoms with E-state index >= 15 is 0 Å². The van der Waals surface area contributed by atoms with E-state index in [4.69, 9.17) is 9.47 Å². The fourth-order valence-electron chi connectivity index (χ4n) is 1.46. The summed E-state index contributed by atoms with van der Waals surface area (Å²) in [6, 6.07) is 0. The molecule has 0 saturated carbocycles. The van der Waals surface area contributed by atoms with E-state index in [0.717, 1.165) is 0 Å². The van der Waals surface area contributed by atoms with Crippen LogP contribution in [0.3, 0.4) is 0 Å². The number of hydrogen-bond acceptors (Lipinski definition) is 3. The number of nitrogens with zero attached hydrogens (tertiary/aromatic N) is 1. The first-order valence-corrected chi connectivity index (χ1v) is 4.66. The molecule has 76 valence electrons. The molecule has 1 heterocycles. The van der Waals surface area contributed by atoms with Gasteiger partial charge >= 0.3 is 0 Å². The molecule has 1 atom stereocenters. The van der Waals surface area contributed by atoms with Crippen LogP contribution in [-0.4, -0.2) is 50.3 Å². The van der Waals surface area contributed by atoms with Crippen LogP contribution in [0.4, 0.5) is 0 Å². The van der Waals surface area contributed by atoms with Gasteiger partial charge in [-0.25, -0.2) is 0 Å². The Bertz CT molecular complexity index is 170. The lowest BCUT2D eigenvalue weighted by Crippen LogP contribution is -2.46. The SMILES string of the molecule is CCC(=O)N1CCOC(COC)C1. The molecule has 0 spiro atoms. The number of morpholine rings is 1. The summed E-state index contributed by atoms with van der Waals surface area (Å²) in [5.41, 5.74) is 0. The summed E-state index contributed by atoms with van der Waals surface area (Å²) in [5.74, 6) is 0.199. The second-order valence-corrected chi connectivity index (χ2v) is 3.14. The Labute approximate surface area is 78.8 Å². The van der Waals surface area contributed by atoms with Crippen LogP contribution < -0.4 is 0 Å². The number of carbonyl (C=O) groups excluding carboxylic acids is 1. The summed E-state index contributed by atoms with van der Waals surface area (Å²) in [6.45, 7) is 4.45. The van der Waals surface area contributed by atoms with Crippen molar-refractivity contribution in [2.45, 2.75) is 19.4 Å². The number of hydrogen-bond donors (Lipinski definition) is 0. The summed E-state index contributed by atoms with van der Waals surface area (Å²) in [7, 11) is 1.64. The van der Waals surface area contributed by atoms with Crippen molar-refractivity contribution in [3.8, 4) is 0 Å². The molecular weight excluding hydrogens is 170 g/mol. The molecular formula is C9H17NO3. The fraction of sp³-hybridized carbons (Fsp3) is 0.889. The van der Waals surface area contributed by atoms with E-state index in [2.05, 4.69) is 0 Å². The monoisotopic (exact) mass is 187 g/mol. The predicted octanol–water partition coefficient (Wildman–Crippen LogP) is 0.270. The Morgan fingerprint density at radius 3 is 3.08 bits per heavy atom. The van der Waals surface area contributed by atoms with Crippen LogP contribution >= 0.6 is 0 Å². The van der Waals surface area contributed by atoms with Gasteiger partial charge in [0.2, 0.25) is 5.91 Å². The van der Waals surface area contributed by atoms with E-state index in [1.165, 1.54) is 0 Å².